The van der Waals surface area contributed by atoms with E-state index >= 15 is 0 Å². The average Bonchev–Trinajstić information content (AvgIpc) is 2.58. The molecule has 0 bridgehead atoms. The highest BCUT2D eigenvalue weighted by molar-refractivity contribution is 5.85. The highest BCUT2D eigenvalue weighted by Crippen LogP contribution is 2.42. The summed E-state index contributed by atoms with van der Waals surface area (Å²) in [5, 5.41) is 3.40. The third-order valence-electron chi connectivity index (χ3n) is 5.17. The first kappa shape index (κ1) is 21.5. The van der Waals surface area contributed by atoms with Crippen LogP contribution in [-0.4, -0.2) is 38.2 Å². The zero-order valence-corrected chi connectivity index (χ0v) is 15.9. The van der Waals surface area contributed by atoms with Gasteiger partial charge in [0.05, 0.1) is 7.11 Å². The number of ether oxygens (including phenoxy) is 1. The van der Waals surface area contributed by atoms with Crippen molar-refractivity contribution in [1.29, 1.82) is 0 Å². The molecule has 1 atom stereocenters. The van der Waals surface area contributed by atoms with Crippen LogP contribution in [0.15, 0.2) is 18.2 Å². The lowest BCUT2D eigenvalue weighted by Crippen LogP contribution is -2.47. The van der Waals surface area contributed by atoms with E-state index in [1.807, 2.05) is 6.07 Å². The topological polar surface area (TPSA) is 24.5 Å². The van der Waals surface area contributed by atoms with Crippen LogP contribution in [0.3, 0.4) is 0 Å². The molecule has 6 heteroatoms. The third-order valence-corrected chi connectivity index (χ3v) is 5.17. The van der Waals surface area contributed by atoms with E-state index in [0.717, 1.165) is 31.7 Å². The third kappa shape index (κ3) is 4.75. The summed E-state index contributed by atoms with van der Waals surface area (Å²) in [4.78, 5) is 2.47. The van der Waals surface area contributed by atoms with Gasteiger partial charge in [0.1, 0.15) is 11.6 Å². The summed E-state index contributed by atoms with van der Waals surface area (Å²) >= 11 is 0. The number of halogens is 3. The van der Waals surface area contributed by atoms with E-state index in [1.165, 1.54) is 32.1 Å². The van der Waals surface area contributed by atoms with Crippen LogP contribution in [0.5, 0.6) is 5.75 Å². The molecule has 1 aromatic carbocycles. The molecule has 2 fully saturated rings. The molecule has 1 saturated carbocycles. The van der Waals surface area contributed by atoms with Crippen molar-refractivity contribution in [3.8, 4) is 5.75 Å². The first-order valence-corrected chi connectivity index (χ1v) is 8.58. The fourth-order valence-electron chi connectivity index (χ4n) is 4.11. The highest BCUT2D eigenvalue weighted by atomic mass is 35.5. The molecule has 24 heavy (non-hydrogen) atoms. The predicted molar refractivity (Wildman–Crippen MR) is 101 cm³/mol. The minimum Gasteiger partial charge on any atom is -0.496 e. The second kappa shape index (κ2) is 10.4. The van der Waals surface area contributed by atoms with E-state index in [0.29, 0.717) is 11.7 Å². The standard InChI is InChI=1S/C18H27FN2O.2ClH/c1-22-16-9-5-8-15(19)17(16)18(14-6-3-2-4-7-14)21-12-10-20-11-13-21;;/h5,8-9,14,18,20H,2-4,6-7,10-13H2,1H3;2*1H/t18-;;/m1../s1. The van der Waals surface area contributed by atoms with Gasteiger partial charge < -0.3 is 10.1 Å². The van der Waals surface area contributed by atoms with Crippen molar-refractivity contribution in [2.24, 2.45) is 5.92 Å². The Kier molecular flexibility index (Phi) is 9.35. The van der Waals surface area contributed by atoms with Gasteiger partial charge in [-0.15, -0.1) is 24.8 Å². The summed E-state index contributed by atoms with van der Waals surface area (Å²) in [6.07, 6.45) is 6.26. The molecule has 0 spiro atoms. The van der Waals surface area contributed by atoms with Crippen LogP contribution < -0.4 is 10.1 Å². The van der Waals surface area contributed by atoms with Crippen LogP contribution >= 0.6 is 24.8 Å². The van der Waals surface area contributed by atoms with Gasteiger partial charge in [-0.1, -0.05) is 25.3 Å². The fraction of sp³-hybridized carbons (Fsp3) is 0.667. The summed E-state index contributed by atoms with van der Waals surface area (Å²) in [5.41, 5.74) is 0.777. The zero-order chi connectivity index (χ0) is 15.4. The van der Waals surface area contributed by atoms with Crippen LogP contribution in [0.2, 0.25) is 0 Å². The first-order chi connectivity index (χ1) is 10.8. The van der Waals surface area contributed by atoms with Crippen molar-refractivity contribution in [3.05, 3.63) is 29.6 Å². The van der Waals surface area contributed by atoms with Crippen molar-refractivity contribution < 1.29 is 9.13 Å². The van der Waals surface area contributed by atoms with E-state index in [9.17, 15) is 4.39 Å². The molecule has 1 aliphatic heterocycles. The summed E-state index contributed by atoms with van der Waals surface area (Å²) in [6.45, 7) is 3.94. The number of benzene rings is 1. The Morgan fingerprint density at radius 2 is 1.79 bits per heavy atom. The Hall–Kier alpha value is -0.550. The molecule has 1 N–H and O–H groups in total. The van der Waals surface area contributed by atoms with Gasteiger partial charge in [-0.05, 0) is 30.9 Å². The molecule has 0 unspecified atom stereocenters. The maximum Gasteiger partial charge on any atom is 0.131 e. The van der Waals surface area contributed by atoms with Gasteiger partial charge in [0.25, 0.3) is 0 Å². The van der Waals surface area contributed by atoms with Crippen molar-refractivity contribution >= 4 is 24.8 Å². The molecular weight excluding hydrogens is 350 g/mol. The number of nitrogens with zero attached hydrogens (tertiary/aromatic N) is 1. The summed E-state index contributed by atoms with van der Waals surface area (Å²) in [5.74, 6) is 1.13. The smallest absolute Gasteiger partial charge is 0.131 e. The summed E-state index contributed by atoms with van der Waals surface area (Å²) < 4.78 is 20.2. The zero-order valence-electron chi connectivity index (χ0n) is 14.3. The van der Waals surface area contributed by atoms with Crippen LogP contribution in [-0.2, 0) is 0 Å². The van der Waals surface area contributed by atoms with Gasteiger partial charge in [0.15, 0.2) is 0 Å². The van der Waals surface area contributed by atoms with Crippen molar-refractivity contribution in [1.82, 2.24) is 10.2 Å². The van der Waals surface area contributed by atoms with Gasteiger partial charge in [-0.3, -0.25) is 4.90 Å². The maximum atomic E-state index is 14.7. The predicted octanol–water partition coefficient (Wildman–Crippen LogP) is 4.20. The van der Waals surface area contributed by atoms with Crippen molar-refractivity contribution in [2.75, 3.05) is 33.3 Å². The summed E-state index contributed by atoms with van der Waals surface area (Å²) in [7, 11) is 1.65. The number of hydrogen-bond acceptors (Lipinski definition) is 3. The van der Waals surface area contributed by atoms with E-state index in [-0.39, 0.29) is 36.7 Å². The van der Waals surface area contributed by atoms with Crippen LogP contribution in [0.25, 0.3) is 0 Å². The Morgan fingerprint density at radius 3 is 2.42 bits per heavy atom. The lowest BCUT2D eigenvalue weighted by molar-refractivity contribution is 0.0983. The van der Waals surface area contributed by atoms with Gasteiger partial charge in [-0.2, -0.15) is 0 Å². The molecular formula is C18H29Cl2FN2O. The Labute approximate surface area is 157 Å². The lowest BCUT2D eigenvalue weighted by Gasteiger charge is -2.41. The summed E-state index contributed by atoms with van der Waals surface area (Å²) in [6, 6.07) is 5.37. The fourth-order valence-corrected chi connectivity index (χ4v) is 4.11. The molecule has 0 amide bonds. The highest BCUT2D eigenvalue weighted by Gasteiger charge is 2.34. The van der Waals surface area contributed by atoms with Gasteiger partial charge in [0.2, 0.25) is 0 Å². The largest absolute Gasteiger partial charge is 0.496 e. The van der Waals surface area contributed by atoms with Gasteiger partial charge >= 0.3 is 0 Å². The second-order valence-electron chi connectivity index (χ2n) is 6.48. The Balaban J connectivity index is 0.00000144. The van der Waals surface area contributed by atoms with Crippen LogP contribution in [0.4, 0.5) is 4.39 Å². The van der Waals surface area contributed by atoms with Gasteiger partial charge in [0, 0.05) is 37.8 Å². The van der Waals surface area contributed by atoms with Gasteiger partial charge in [-0.25, -0.2) is 4.39 Å². The Bertz CT molecular complexity index is 474. The second-order valence-corrected chi connectivity index (χ2v) is 6.48. The molecule has 0 radical (unpaired) electrons. The normalized spacial score (nSPS) is 20.6. The monoisotopic (exact) mass is 378 g/mol. The minimum absolute atomic E-state index is 0. The maximum absolute atomic E-state index is 14.7. The van der Waals surface area contributed by atoms with Crippen LogP contribution in [0, 0.1) is 11.7 Å². The lowest BCUT2D eigenvalue weighted by atomic mass is 9.79. The van der Waals surface area contributed by atoms with E-state index < -0.39 is 0 Å². The SMILES string of the molecule is COc1cccc(F)c1[C@@H](C1CCCCC1)N1CCNCC1.Cl.Cl. The number of rotatable bonds is 4. The minimum atomic E-state index is -0.117. The van der Waals surface area contributed by atoms with E-state index in [1.54, 1.807) is 19.2 Å². The molecule has 1 heterocycles. The molecule has 1 aliphatic carbocycles. The molecule has 0 aromatic heterocycles. The quantitative estimate of drug-likeness (QED) is 0.849. The molecule has 3 rings (SSSR count). The number of methoxy groups -OCH3 is 1. The number of nitrogens with one attached hydrogen (secondary N) is 1. The van der Waals surface area contributed by atoms with E-state index in [2.05, 4.69) is 10.2 Å². The van der Waals surface area contributed by atoms with Crippen molar-refractivity contribution in [3.63, 3.8) is 0 Å². The first-order valence-electron chi connectivity index (χ1n) is 8.58. The van der Waals surface area contributed by atoms with Crippen molar-refractivity contribution in [2.45, 2.75) is 38.1 Å². The average molecular weight is 379 g/mol. The molecule has 2 aliphatic rings. The number of piperazine rings is 1. The molecule has 3 nitrogen and oxygen atoms in total. The molecule has 1 aromatic rings. The Morgan fingerprint density at radius 1 is 1.12 bits per heavy atom. The number of hydrogen-bond donors (Lipinski definition) is 1. The van der Waals surface area contributed by atoms with E-state index in [4.69, 9.17) is 4.74 Å². The van der Waals surface area contributed by atoms with Crippen LogP contribution in [0.1, 0.15) is 43.7 Å². The molecule has 138 valence electrons. The molecule has 1 saturated heterocycles.